The van der Waals surface area contributed by atoms with Gasteiger partial charge >= 0.3 is 5.97 Å². The van der Waals surface area contributed by atoms with E-state index < -0.39 is 5.41 Å². The molecule has 1 atom stereocenters. The van der Waals surface area contributed by atoms with E-state index in [-0.39, 0.29) is 11.9 Å². The molecule has 5 rings (SSSR count). The molecule has 0 amide bonds. The van der Waals surface area contributed by atoms with Crippen molar-refractivity contribution in [1.29, 1.82) is 0 Å². The van der Waals surface area contributed by atoms with Crippen molar-refractivity contribution in [3.63, 3.8) is 0 Å². The molecule has 0 radical (unpaired) electrons. The summed E-state index contributed by atoms with van der Waals surface area (Å²) in [6.07, 6.45) is 0.415. The zero-order valence-corrected chi connectivity index (χ0v) is 22.4. The molecule has 5 heteroatoms. The SMILES string of the molecule is CN(C)c1ccc(C(c2ccc(N(C)C)cc2)[C@]2(Cc3ccccc3Cl)C(=O)Oc3ccccc32)cc1. The van der Waals surface area contributed by atoms with Gasteiger partial charge in [-0.25, -0.2) is 0 Å². The van der Waals surface area contributed by atoms with Crippen molar-refractivity contribution in [1.82, 2.24) is 0 Å². The first-order valence-corrected chi connectivity index (χ1v) is 12.8. The van der Waals surface area contributed by atoms with Crippen molar-refractivity contribution in [3.05, 3.63) is 124 Å². The first-order chi connectivity index (χ1) is 17.8. The minimum atomic E-state index is -0.999. The molecule has 1 heterocycles. The molecule has 0 N–H and O–H groups in total. The maximum Gasteiger partial charge on any atom is 0.323 e. The monoisotopic (exact) mass is 510 g/mol. The number of fused-ring (bicyclic) bond motifs is 1. The molecule has 4 aromatic rings. The Bertz CT molecular complexity index is 1360. The molecule has 1 aliphatic rings. The Balaban J connectivity index is 1.78. The molecule has 4 aromatic carbocycles. The van der Waals surface area contributed by atoms with Gasteiger partial charge in [-0.05, 0) is 59.5 Å². The van der Waals surface area contributed by atoms with Crippen LogP contribution in [0.4, 0.5) is 11.4 Å². The van der Waals surface area contributed by atoms with Gasteiger partial charge in [-0.2, -0.15) is 0 Å². The molecule has 0 unspecified atom stereocenters. The van der Waals surface area contributed by atoms with E-state index in [0.717, 1.165) is 33.6 Å². The van der Waals surface area contributed by atoms with Crippen molar-refractivity contribution in [2.24, 2.45) is 0 Å². The number of halogens is 1. The standard InChI is InChI=1S/C32H31ClN2O2/c1-34(2)25-17-13-22(14-18-25)30(23-15-19-26(20-16-23)35(3)4)32(21-24-9-5-7-11-28(24)33)27-10-6-8-12-29(27)37-31(32)36/h5-20,30H,21H2,1-4H3/t32-/m1/s1. The number of hydrogen-bond donors (Lipinski definition) is 0. The van der Waals surface area contributed by atoms with Crippen LogP contribution in [0.1, 0.15) is 28.2 Å². The van der Waals surface area contributed by atoms with Gasteiger partial charge in [0.15, 0.2) is 0 Å². The van der Waals surface area contributed by atoms with Crippen molar-refractivity contribution >= 4 is 28.9 Å². The Morgan fingerprint density at radius 2 is 1.24 bits per heavy atom. The maximum atomic E-state index is 14.1. The summed E-state index contributed by atoms with van der Waals surface area (Å²) in [6.45, 7) is 0. The van der Waals surface area contributed by atoms with Crippen LogP contribution < -0.4 is 14.5 Å². The lowest BCUT2D eigenvalue weighted by molar-refractivity contribution is -0.138. The minimum Gasteiger partial charge on any atom is -0.426 e. The second-order valence-electron chi connectivity index (χ2n) is 10.0. The lowest BCUT2D eigenvalue weighted by Gasteiger charge is -2.36. The van der Waals surface area contributed by atoms with Gasteiger partial charge in [-0.15, -0.1) is 0 Å². The number of rotatable bonds is 7. The van der Waals surface area contributed by atoms with Gasteiger partial charge in [0.2, 0.25) is 0 Å². The third-order valence-electron chi connectivity index (χ3n) is 7.34. The van der Waals surface area contributed by atoms with E-state index in [4.69, 9.17) is 16.3 Å². The number of carbonyl (C=O) groups excluding carboxylic acids is 1. The number of esters is 1. The van der Waals surface area contributed by atoms with Gasteiger partial charge in [0, 0.05) is 56.1 Å². The summed E-state index contributed by atoms with van der Waals surface area (Å²) in [5.74, 6) is 0.0544. The number of carbonyl (C=O) groups is 1. The smallest absolute Gasteiger partial charge is 0.323 e. The zero-order chi connectivity index (χ0) is 26.2. The van der Waals surface area contributed by atoms with Crippen LogP contribution in [0.15, 0.2) is 97.1 Å². The largest absolute Gasteiger partial charge is 0.426 e. The fourth-order valence-electron chi connectivity index (χ4n) is 5.40. The molecule has 0 aromatic heterocycles. The Kier molecular flexibility index (Phi) is 6.70. The molecule has 37 heavy (non-hydrogen) atoms. The average molecular weight is 511 g/mol. The summed E-state index contributed by atoms with van der Waals surface area (Å²) in [5, 5.41) is 0.642. The number of nitrogens with zero attached hydrogens (tertiary/aromatic N) is 2. The van der Waals surface area contributed by atoms with E-state index in [0.29, 0.717) is 17.2 Å². The molecule has 0 saturated carbocycles. The molecule has 1 aliphatic heterocycles. The van der Waals surface area contributed by atoms with E-state index in [9.17, 15) is 4.79 Å². The first-order valence-electron chi connectivity index (χ1n) is 12.4. The highest BCUT2D eigenvalue weighted by molar-refractivity contribution is 6.31. The summed E-state index contributed by atoms with van der Waals surface area (Å²) < 4.78 is 5.98. The van der Waals surface area contributed by atoms with E-state index in [1.807, 2.05) is 76.7 Å². The van der Waals surface area contributed by atoms with Gasteiger partial charge < -0.3 is 14.5 Å². The second-order valence-corrected chi connectivity index (χ2v) is 10.4. The Morgan fingerprint density at radius 3 is 1.78 bits per heavy atom. The van der Waals surface area contributed by atoms with Crippen molar-refractivity contribution in [2.75, 3.05) is 38.0 Å². The van der Waals surface area contributed by atoms with Crippen LogP contribution in [0.25, 0.3) is 0 Å². The van der Waals surface area contributed by atoms with Crippen LogP contribution in [0.3, 0.4) is 0 Å². The highest BCUT2D eigenvalue weighted by Gasteiger charge is 2.55. The molecule has 0 bridgehead atoms. The highest BCUT2D eigenvalue weighted by Crippen LogP contribution is 2.53. The zero-order valence-electron chi connectivity index (χ0n) is 21.6. The molecular weight excluding hydrogens is 480 g/mol. The molecule has 0 fully saturated rings. The van der Waals surface area contributed by atoms with Gasteiger partial charge in [0.1, 0.15) is 11.2 Å². The van der Waals surface area contributed by atoms with Crippen molar-refractivity contribution < 1.29 is 9.53 Å². The third kappa shape index (κ3) is 4.47. The summed E-state index contributed by atoms with van der Waals surface area (Å²) in [6, 6.07) is 32.5. The van der Waals surface area contributed by atoms with Crippen LogP contribution in [0, 0.1) is 0 Å². The number of anilines is 2. The lowest BCUT2D eigenvalue weighted by Crippen LogP contribution is -2.43. The van der Waals surface area contributed by atoms with Crippen LogP contribution in [0.2, 0.25) is 5.02 Å². The fourth-order valence-corrected chi connectivity index (χ4v) is 5.60. The van der Waals surface area contributed by atoms with Crippen LogP contribution in [-0.4, -0.2) is 34.2 Å². The van der Waals surface area contributed by atoms with Gasteiger partial charge in [-0.3, -0.25) is 4.79 Å². The fraction of sp³-hybridized carbons (Fsp3) is 0.219. The number of ether oxygens (including phenoxy) is 1. The number of hydrogen-bond acceptors (Lipinski definition) is 4. The van der Waals surface area contributed by atoms with Crippen LogP contribution >= 0.6 is 11.6 Å². The minimum absolute atomic E-state index is 0.257. The average Bonchev–Trinajstić information content (AvgIpc) is 3.17. The highest BCUT2D eigenvalue weighted by atomic mass is 35.5. The van der Waals surface area contributed by atoms with E-state index in [2.05, 4.69) is 58.3 Å². The third-order valence-corrected chi connectivity index (χ3v) is 7.71. The number of para-hydroxylation sites is 1. The predicted octanol–water partition coefficient (Wildman–Crippen LogP) is 6.70. The van der Waals surface area contributed by atoms with Crippen molar-refractivity contribution in [2.45, 2.75) is 17.8 Å². The van der Waals surface area contributed by atoms with Crippen molar-refractivity contribution in [3.8, 4) is 5.75 Å². The molecule has 4 nitrogen and oxygen atoms in total. The summed E-state index contributed by atoms with van der Waals surface area (Å²) in [7, 11) is 8.09. The Morgan fingerprint density at radius 1 is 0.730 bits per heavy atom. The molecule has 0 spiro atoms. The Labute approximate surface area is 224 Å². The molecule has 0 saturated heterocycles. The van der Waals surface area contributed by atoms with Gasteiger partial charge in [0.25, 0.3) is 0 Å². The normalized spacial score (nSPS) is 16.4. The maximum absolute atomic E-state index is 14.1. The van der Waals surface area contributed by atoms with E-state index in [1.54, 1.807) is 0 Å². The number of benzene rings is 4. The van der Waals surface area contributed by atoms with Crippen LogP contribution in [0.5, 0.6) is 5.75 Å². The lowest BCUT2D eigenvalue weighted by atomic mass is 9.63. The molecule has 188 valence electrons. The summed E-state index contributed by atoms with van der Waals surface area (Å²) >= 11 is 6.68. The predicted molar refractivity (Wildman–Crippen MR) is 152 cm³/mol. The molecule has 0 aliphatic carbocycles. The first kappa shape index (κ1) is 24.9. The summed E-state index contributed by atoms with van der Waals surface area (Å²) in [5.41, 5.74) is 5.09. The summed E-state index contributed by atoms with van der Waals surface area (Å²) in [4.78, 5) is 18.3. The van der Waals surface area contributed by atoms with Crippen LogP contribution in [-0.2, 0) is 16.6 Å². The topological polar surface area (TPSA) is 32.8 Å². The van der Waals surface area contributed by atoms with E-state index in [1.165, 1.54) is 0 Å². The molecular formula is C32H31ClN2O2. The quantitative estimate of drug-likeness (QED) is 0.204. The second kappa shape index (κ2) is 9.95. The van der Waals surface area contributed by atoms with Gasteiger partial charge in [0.05, 0.1) is 0 Å². The Hall–Kier alpha value is -3.76. The van der Waals surface area contributed by atoms with Gasteiger partial charge in [-0.1, -0.05) is 72.3 Å². The van der Waals surface area contributed by atoms with E-state index >= 15 is 0 Å².